The smallest absolute Gasteiger partial charge is 0.275 e. The van der Waals surface area contributed by atoms with Crippen molar-refractivity contribution in [1.82, 2.24) is 24.6 Å². The van der Waals surface area contributed by atoms with Crippen LogP contribution in [-0.4, -0.2) is 62.7 Å². The van der Waals surface area contributed by atoms with E-state index in [1.807, 2.05) is 47.5 Å². The van der Waals surface area contributed by atoms with Crippen LogP contribution in [0, 0.1) is 0 Å². The molecule has 1 aliphatic heterocycles. The summed E-state index contributed by atoms with van der Waals surface area (Å²) in [5, 5.41) is 6.07. The summed E-state index contributed by atoms with van der Waals surface area (Å²) in [6.07, 6.45) is 10.7. The number of piperazine rings is 1. The maximum absolute atomic E-state index is 13.1. The molecule has 0 atom stereocenters. The second-order valence-electron chi connectivity index (χ2n) is 9.20. The molecule has 1 aromatic carbocycles. The van der Waals surface area contributed by atoms with Gasteiger partial charge in [-0.1, -0.05) is 43.5 Å². The number of hydrogen-bond acceptors (Lipinski definition) is 5. The predicted octanol–water partition coefficient (Wildman–Crippen LogP) is 2.86. The summed E-state index contributed by atoms with van der Waals surface area (Å²) in [7, 11) is 0. The van der Waals surface area contributed by atoms with Crippen LogP contribution in [0.5, 0.6) is 0 Å². The zero-order valence-electron chi connectivity index (χ0n) is 19.0. The quantitative estimate of drug-likeness (QED) is 0.604. The largest absolute Gasteiger partial charge is 0.339 e. The van der Waals surface area contributed by atoms with E-state index in [1.165, 1.54) is 36.8 Å². The average Bonchev–Trinajstić information content (AvgIpc) is 2.88. The van der Waals surface area contributed by atoms with Gasteiger partial charge in [-0.15, -0.1) is 0 Å². The lowest BCUT2D eigenvalue weighted by atomic mass is 9.94. The summed E-state index contributed by atoms with van der Waals surface area (Å²) in [5.74, 6) is -0.0319. The molecule has 1 amide bonds. The molecule has 0 bridgehead atoms. The molecule has 3 aromatic rings. The Labute approximate surface area is 194 Å². The van der Waals surface area contributed by atoms with E-state index in [9.17, 15) is 9.59 Å². The predicted molar refractivity (Wildman–Crippen MR) is 128 cm³/mol. The van der Waals surface area contributed by atoms with Crippen LogP contribution in [0.2, 0.25) is 0 Å². The highest BCUT2D eigenvalue weighted by molar-refractivity contribution is 5.84. The Morgan fingerprint density at radius 3 is 2.42 bits per heavy atom. The summed E-state index contributed by atoms with van der Waals surface area (Å²) in [5.41, 5.74) is 1.59. The topological polar surface area (TPSA) is 71.3 Å². The van der Waals surface area contributed by atoms with Crippen molar-refractivity contribution in [2.24, 2.45) is 0 Å². The van der Waals surface area contributed by atoms with Gasteiger partial charge in [-0.05, 0) is 30.5 Å². The minimum Gasteiger partial charge on any atom is -0.339 e. The zero-order valence-corrected chi connectivity index (χ0v) is 19.0. The Morgan fingerprint density at radius 2 is 1.70 bits per heavy atom. The van der Waals surface area contributed by atoms with E-state index in [1.54, 1.807) is 6.20 Å². The second-order valence-corrected chi connectivity index (χ2v) is 9.20. The average molecular weight is 446 g/mol. The molecule has 33 heavy (non-hydrogen) atoms. The summed E-state index contributed by atoms with van der Waals surface area (Å²) in [4.78, 5) is 34.9. The highest BCUT2D eigenvalue weighted by Gasteiger charge is 2.27. The van der Waals surface area contributed by atoms with Crippen molar-refractivity contribution in [3.05, 3.63) is 70.4 Å². The number of aromatic nitrogens is 3. The third-order valence-corrected chi connectivity index (χ3v) is 7.08. The van der Waals surface area contributed by atoms with E-state index >= 15 is 0 Å². The molecule has 0 unspecified atom stereocenters. The third-order valence-electron chi connectivity index (χ3n) is 7.08. The number of amides is 1. The number of nitrogens with zero attached hydrogens (tertiary/aromatic N) is 5. The normalized spacial score (nSPS) is 18.0. The molecule has 2 fully saturated rings. The number of fused-ring (bicyclic) bond motifs is 1. The highest BCUT2D eigenvalue weighted by Crippen LogP contribution is 2.23. The number of rotatable bonds is 5. The second kappa shape index (κ2) is 9.83. The van der Waals surface area contributed by atoms with Gasteiger partial charge in [-0.3, -0.25) is 19.5 Å². The van der Waals surface area contributed by atoms with Crippen LogP contribution in [0.15, 0.2) is 53.6 Å². The fourth-order valence-corrected chi connectivity index (χ4v) is 5.25. The van der Waals surface area contributed by atoms with Crippen LogP contribution >= 0.6 is 0 Å². The minimum absolute atomic E-state index is 0.0207. The summed E-state index contributed by atoms with van der Waals surface area (Å²) in [6, 6.07) is 12.1. The van der Waals surface area contributed by atoms with Gasteiger partial charge in [0, 0.05) is 56.4 Å². The van der Waals surface area contributed by atoms with Gasteiger partial charge < -0.3 is 4.90 Å². The number of carbonyl (C=O) groups is 1. The molecule has 0 spiro atoms. The van der Waals surface area contributed by atoms with Crippen LogP contribution in [0.1, 0.15) is 43.4 Å². The molecule has 172 valence electrons. The highest BCUT2D eigenvalue weighted by atomic mass is 16.2. The molecular weight excluding hydrogens is 414 g/mol. The van der Waals surface area contributed by atoms with Crippen molar-refractivity contribution in [2.45, 2.75) is 51.1 Å². The standard InChI is InChI=1S/C26H31N5O2/c32-25(30-15-13-29(14-16-30)21-8-2-1-3-9-21)19-31-26(33)23-11-5-4-10-22(23)24(28-31)17-20-7-6-12-27-18-20/h4-7,10-12,18,21H,1-3,8-9,13-17,19H2. The third kappa shape index (κ3) is 4.83. The SMILES string of the molecule is O=C(Cn1nc(Cc2cccnc2)c2ccccc2c1=O)N1CCN(C2CCCCC2)CC1. The van der Waals surface area contributed by atoms with Gasteiger partial charge in [0.05, 0.1) is 11.1 Å². The summed E-state index contributed by atoms with van der Waals surface area (Å²) < 4.78 is 1.35. The summed E-state index contributed by atoms with van der Waals surface area (Å²) >= 11 is 0. The minimum atomic E-state index is -0.213. The first kappa shape index (κ1) is 21.8. The molecule has 3 heterocycles. The van der Waals surface area contributed by atoms with Gasteiger partial charge in [0.15, 0.2) is 0 Å². The zero-order chi connectivity index (χ0) is 22.6. The molecule has 0 radical (unpaired) electrons. The Morgan fingerprint density at radius 1 is 0.939 bits per heavy atom. The number of hydrogen-bond donors (Lipinski definition) is 0. The first-order chi connectivity index (χ1) is 16.2. The van der Waals surface area contributed by atoms with Crippen LogP contribution in [0.4, 0.5) is 0 Å². The molecule has 2 aliphatic rings. The van der Waals surface area contributed by atoms with E-state index in [4.69, 9.17) is 0 Å². The maximum atomic E-state index is 13.1. The molecule has 1 aliphatic carbocycles. The van der Waals surface area contributed by atoms with E-state index in [-0.39, 0.29) is 18.0 Å². The summed E-state index contributed by atoms with van der Waals surface area (Å²) in [6.45, 7) is 3.26. The Bertz CT molecular complexity index is 1160. The lowest BCUT2D eigenvalue weighted by molar-refractivity contribution is -0.134. The van der Waals surface area contributed by atoms with E-state index < -0.39 is 0 Å². The Hall–Kier alpha value is -3.06. The van der Waals surface area contributed by atoms with Crippen LogP contribution in [0.25, 0.3) is 10.8 Å². The van der Waals surface area contributed by atoms with Crippen LogP contribution < -0.4 is 5.56 Å². The fourth-order valence-electron chi connectivity index (χ4n) is 5.25. The van der Waals surface area contributed by atoms with Gasteiger partial charge in [-0.2, -0.15) is 5.10 Å². The molecule has 7 nitrogen and oxygen atoms in total. The van der Waals surface area contributed by atoms with Gasteiger partial charge in [-0.25, -0.2) is 4.68 Å². The first-order valence-electron chi connectivity index (χ1n) is 12.1. The van der Waals surface area contributed by atoms with Crippen molar-refractivity contribution in [1.29, 1.82) is 0 Å². The number of carbonyl (C=O) groups excluding carboxylic acids is 1. The Balaban J connectivity index is 1.33. The van der Waals surface area contributed by atoms with Crippen molar-refractivity contribution in [3.63, 3.8) is 0 Å². The lowest BCUT2D eigenvalue weighted by Crippen LogP contribution is -2.53. The van der Waals surface area contributed by atoms with Crippen LogP contribution in [0.3, 0.4) is 0 Å². The van der Waals surface area contributed by atoms with Crippen molar-refractivity contribution in [2.75, 3.05) is 26.2 Å². The number of benzene rings is 1. The first-order valence-corrected chi connectivity index (χ1v) is 12.1. The molecule has 0 N–H and O–H groups in total. The van der Waals surface area contributed by atoms with E-state index in [0.29, 0.717) is 17.8 Å². The maximum Gasteiger partial charge on any atom is 0.275 e. The monoisotopic (exact) mass is 445 g/mol. The Kier molecular flexibility index (Phi) is 6.48. The molecule has 1 saturated heterocycles. The molecule has 5 rings (SSSR count). The van der Waals surface area contributed by atoms with Crippen LogP contribution in [-0.2, 0) is 17.8 Å². The van der Waals surface area contributed by atoms with E-state index in [2.05, 4.69) is 15.0 Å². The van der Waals surface area contributed by atoms with Gasteiger partial charge in [0.1, 0.15) is 6.54 Å². The van der Waals surface area contributed by atoms with Crippen molar-refractivity contribution in [3.8, 4) is 0 Å². The van der Waals surface area contributed by atoms with Gasteiger partial charge in [0.25, 0.3) is 5.56 Å². The van der Waals surface area contributed by atoms with E-state index in [0.717, 1.165) is 42.8 Å². The molecular formula is C26H31N5O2. The molecule has 1 saturated carbocycles. The van der Waals surface area contributed by atoms with Gasteiger partial charge >= 0.3 is 0 Å². The lowest BCUT2D eigenvalue weighted by Gasteiger charge is -2.40. The van der Waals surface area contributed by atoms with Crippen molar-refractivity contribution < 1.29 is 4.79 Å². The van der Waals surface area contributed by atoms with Gasteiger partial charge in [0.2, 0.25) is 5.91 Å². The van der Waals surface area contributed by atoms with Crippen molar-refractivity contribution >= 4 is 16.7 Å². The molecule has 7 heteroatoms. The number of pyridine rings is 1. The fraction of sp³-hybridized carbons (Fsp3) is 0.462. The molecule has 2 aromatic heterocycles.